The average molecular weight is 322 g/mol. The van der Waals surface area contributed by atoms with E-state index in [9.17, 15) is 4.39 Å². The Morgan fingerprint density at radius 2 is 1.71 bits per heavy atom. The molecule has 122 valence electrons. The molecule has 2 aromatic heterocycles. The number of aromatic nitrogens is 3. The van der Waals surface area contributed by atoms with Crippen LogP contribution in [0.25, 0.3) is 22.5 Å². The fourth-order valence-corrected chi connectivity index (χ4v) is 2.68. The zero-order valence-corrected chi connectivity index (χ0v) is 13.5. The molecule has 0 atom stereocenters. The number of unbranched alkanes of at least 4 members (excludes halogenated alkanes) is 1. The molecule has 0 saturated carbocycles. The number of anilines is 1. The molecular formula is C19H19FN4. The maximum absolute atomic E-state index is 13.3. The van der Waals surface area contributed by atoms with Gasteiger partial charge >= 0.3 is 0 Å². The Kier molecular flexibility index (Phi) is 4.79. The maximum atomic E-state index is 13.3. The lowest BCUT2D eigenvalue weighted by molar-refractivity contribution is 0.628. The molecule has 0 bridgehead atoms. The van der Waals surface area contributed by atoms with Gasteiger partial charge in [-0.3, -0.25) is 4.98 Å². The molecule has 0 fully saturated rings. The Labute approximate surface area is 140 Å². The Hall–Kier alpha value is -2.82. The van der Waals surface area contributed by atoms with Crippen LogP contribution in [0.2, 0.25) is 0 Å². The van der Waals surface area contributed by atoms with Crippen molar-refractivity contribution in [3.63, 3.8) is 0 Å². The highest BCUT2D eigenvalue weighted by Crippen LogP contribution is 2.31. The second-order valence-electron chi connectivity index (χ2n) is 5.61. The Morgan fingerprint density at radius 3 is 2.33 bits per heavy atom. The van der Waals surface area contributed by atoms with Crippen molar-refractivity contribution in [2.75, 3.05) is 5.73 Å². The highest BCUT2D eigenvalue weighted by Gasteiger charge is 2.16. The fourth-order valence-electron chi connectivity index (χ4n) is 2.68. The Morgan fingerprint density at radius 1 is 1.00 bits per heavy atom. The summed E-state index contributed by atoms with van der Waals surface area (Å²) < 4.78 is 13.3. The van der Waals surface area contributed by atoms with Gasteiger partial charge in [0, 0.05) is 29.1 Å². The van der Waals surface area contributed by atoms with Gasteiger partial charge in [0.1, 0.15) is 5.82 Å². The van der Waals surface area contributed by atoms with E-state index in [1.54, 1.807) is 24.5 Å². The monoisotopic (exact) mass is 322 g/mol. The molecule has 0 unspecified atom stereocenters. The van der Waals surface area contributed by atoms with Crippen LogP contribution < -0.4 is 5.73 Å². The topological polar surface area (TPSA) is 64.7 Å². The lowest BCUT2D eigenvalue weighted by atomic mass is 9.97. The number of hydrogen-bond donors (Lipinski definition) is 1. The summed E-state index contributed by atoms with van der Waals surface area (Å²) in [6, 6.07) is 10.1. The van der Waals surface area contributed by atoms with Gasteiger partial charge in [0.05, 0.1) is 11.4 Å². The number of nitrogen functional groups attached to an aromatic ring is 1. The van der Waals surface area contributed by atoms with E-state index >= 15 is 0 Å². The van der Waals surface area contributed by atoms with E-state index in [4.69, 9.17) is 5.73 Å². The highest BCUT2D eigenvalue weighted by molar-refractivity contribution is 5.74. The molecule has 2 N–H and O–H groups in total. The fraction of sp³-hybridized carbons (Fsp3) is 0.211. The summed E-state index contributed by atoms with van der Waals surface area (Å²) in [6.07, 6.45) is 6.38. The van der Waals surface area contributed by atoms with Gasteiger partial charge in [-0.1, -0.05) is 13.3 Å². The van der Waals surface area contributed by atoms with Gasteiger partial charge in [0.15, 0.2) is 0 Å². The zero-order chi connectivity index (χ0) is 16.9. The molecule has 0 aliphatic heterocycles. The van der Waals surface area contributed by atoms with Crippen molar-refractivity contribution in [1.82, 2.24) is 15.0 Å². The molecule has 4 nitrogen and oxygen atoms in total. The number of halogens is 1. The first-order valence-electron chi connectivity index (χ1n) is 8.01. The maximum Gasteiger partial charge on any atom is 0.221 e. The molecule has 0 spiro atoms. The number of hydrogen-bond acceptors (Lipinski definition) is 4. The predicted octanol–water partition coefficient (Wildman–Crippen LogP) is 4.27. The summed E-state index contributed by atoms with van der Waals surface area (Å²) in [6.45, 7) is 2.14. The van der Waals surface area contributed by atoms with Crippen molar-refractivity contribution in [1.29, 1.82) is 0 Å². The smallest absolute Gasteiger partial charge is 0.221 e. The Bertz CT molecular complexity index is 817. The van der Waals surface area contributed by atoms with Crippen molar-refractivity contribution in [2.24, 2.45) is 0 Å². The summed E-state index contributed by atoms with van der Waals surface area (Å²) in [5, 5.41) is 0. The molecule has 3 rings (SSSR count). The SMILES string of the molecule is CCCCc1c(-c2ccc(F)cc2)nc(N)nc1-c1cccnc1. The van der Waals surface area contributed by atoms with Gasteiger partial charge in [-0.15, -0.1) is 0 Å². The van der Waals surface area contributed by atoms with Crippen molar-refractivity contribution in [3.8, 4) is 22.5 Å². The zero-order valence-electron chi connectivity index (χ0n) is 13.5. The number of nitrogens with zero attached hydrogens (tertiary/aromatic N) is 3. The van der Waals surface area contributed by atoms with Crippen LogP contribution in [0.4, 0.5) is 10.3 Å². The quantitative estimate of drug-likeness (QED) is 0.762. The number of nitrogens with two attached hydrogens (primary N) is 1. The van der Waals surface area contributed by atoms with Crippen molar-refractivity contribution < 1.29 is 4.39 Å². The molecule has 1 aromatic carbocycles. The standard InChI is InChI=1S/C19H19FN4/c1-2-3-6-16-17(13-7-9-15(20)10-8-13)23-19(21)24-18(16)14-5-4-11-22-12-14/h4-5,7-12H,2-3,6H2,1H3,(H2,21,23,24). The molecule has 0 saturated heterocycles. The van der Waals surface area contributed by atoms with E-state index in [-0.39, 0.29) is 11.8 Å². The van der Waals surface area contributed by atoms with Crippen LogP contribution in [0.15, 0.2) is 48.8 Å². The lowest BCUT2D eigenvalue weighted by Crippen LogP contribution is -2.05. The lowest BCUT2D eigenvalue weighted by Gasteiger charge is -2.14. The van der Waals surface area contributed by atoms with E-state index in [2.05, 4.69) is 21.9 Å². The first kappa shape index (κ1) is 16.1. The summed E-state index contributed by atoms with van der Waals surface area (Å²) in [4.78, 5) is 13.1. The van der Waals surface area contributed by atoms with E-state index < -0.39 is 0 Å². The van der Waals surface area contributed by atoms with Gasteiger partial charge in [-0.25, -0.2) is 14.4 Å². The molecule has 2 heterocycles. The minimum Gasteiger partial charge on any atom is -0.368 e. The van der Waals surface area contributed by atoms with Crippen LogP contribution in [0.1, 0.15) is 25.3 Å². The third-order valence-corrected chi connectivity index (χ3v) is 3.86. The number of pyridine rings is 1. The largest absolute Gasteiger partial charge is 0.368 e. The normalized spacial score (nSPS) is 10.8. The van der Waals surface area contributed by atoms with Crippen LogP contribution in [0.5, 0.6) is 0 Å². The van der Waals surface area contributed by atoms with Crippen molar-refractivity contribution in [3.05, 3.63) is 60.2 Å². The van der Waals surface area contributed by atoms with Crippen LogP contribution in [-0.4, -0.2) is 15.0 Å². The summed E-state index contributed by atoms with van der Waals surface area (Å²) in [5.41, 5.74) is 10.3. The van der Waals surface area contributed by atoms with Gasteiger partial charge in [-0.2, -0.15) is 0 Å². The van der Waals surface area contributed by atoms with Crippen LogP contribution >= 0.6 is 0 Å². The molecule has 0 aliphatic rings. The second kappa shape index (κ2) is 7.17. The molecule has 5 heteroatoms. The third-order valence-electron chi connectivity index (χ3n) is 3.86. The molecule has 3 aromatic rings. The molecule has 0 radical (unpaired) electrons. The summed E-state index contributed by atoms with van der Waals surface area (Å²) in [7, 11) is 0. The minimum absolute atomic E-state index is 0.202. The van der Waals surface area contributed by atoms with Crippen molar-refractivity contribution in [2.45, 2.75) is 26.2 Å². The molecule has 0 amide bonds. The highest BCUT2D eigenvalue weighted by atomic mass is 19.1. The van der Waals surface area contributed by atoms with Gasteiger partial charge < -0.3 is 5.73 Å². The van der Waals surface area contributed by atoms with E-state index in [0.29, 0.717) is 0 Å². The summed E-state index contributed by atoms with van der Waals surface area (Å²) >= 11 is 0. The first-order valence-corrected chi connectivity index (χ1v) is 8.01. The first-order chi connectivity index (χ1) is 11.7. The predicted molar refractivity (Wildman–Crippen MR) is 93.7 cm³/mol. The number of benzene rings is 1. The average Bonchev–Trinajstić information content (AvgIpc) is 2.61. The van der Waals surface area contributed by atoms with Crippen molar-refractivity contribution >= 4 is 5.95 Å². The number of rotatable bonds is 5. The van der Waals surface area contributed by atoms with E-state index in [0.717, 1.165) is 47.3 Å². The second-order valence-corrected chi connectivity index (χ2v) is 5.61. The summed E-state index contributed by atoms with van der Waals surface area (Å²) in [5.74, 6) is -0.0724. The van der Waals surface area contributed by atoms with E-state index in [1.807, 2.05) is 12.1 Å². The van der Waals surface area contributed by atoms with Crippen LogP contribution in [-0.2, 0) is 6.42 Å². The van der Waals surface area contributed by atoms with E-state index in [1.165, 1.54) is 12.1 Å². The molecular weight excluding hydrogens is 303 g/mol. The third kappa shape index (κ3) is 3.40. The van der Waals surface area contributed by atoms with Gasteiger partial charge in [0.25, 0.3) is 0 Å². The van der Waals surface area contributed by atoms with Crippen LogP contribution in [0, 0.1) is 5.82 Å². The van der Waals surface area contributed by atoms with Crippen LogP contribution in [0.3, 0.4) is 0 Å². The molecule has 24 heavy (non-hydrogen) atoms. The molecule has 0 aliphatic carbocycles. The minimum atomic E-state index is -0.275. The van der Waals surface area contributed by atoms with Gasteiger partial charge in [-0.05, 0) is 49.2 Å². The van der Waals surface area contributed by atoms with Gasteiger partial charge in [0.2, 0.25) is 5.95 Å². The Balaban J connectivity index is 2.20.